The lowest BCUT2D eigenvalue weighted by molar-refractivity contribution is -0.449. The van der Waals surface area contributed by atoms with Crippen LogP contribution in [-0.4, -0.2) is 101 Å². The Morgan fingerprint density at radius 1 is 1.23 bits per heavy atom. The van der Waals surface area contributed by atoms with Crippen molar-refractivity contribution in [3.8, 4) is 0 Å². The smallest absolute Gasteiger partial charge is 0.239 e. The largest absolute Gasteiger partial charge is 0.390 e. The van der Waals surface area contributed by atoms with Gasteiger partial charge in [-0.15, -0.1) is 11.3 Å². The Morgan fingerprint density at radius 3 is 2.61 bits per heavy atom. The molecule has 1 aromatic heterocycles. The van der Waals surface area contributed by atoms with Crippen molar-refractivity contribution in [1.82, 2.24) is 20.9 Å². The standard InChI is InChI=1S/C19H30N4O7S/c1-8-6-9(23-10(24)7-11-22-4-5-31-11)19(27)18(28-8)29-17-15(26)12(20-2)14(25)13(21-3)16(17)30-19/h4-5,8-9,12-18,20-21,25-27H,6-7H2,1-3H3,(H,23,24)/t8-,9-,12-,13+,14+,15+,16?,17?,18?,19+/m1/s1. The van der Waals surface area contributed by atoms with Gasteiger partial charge in [0.2, 0.25) is 18.0 Å². The van der Waals surface area contributed by atoms with Gasteiger partial charge in [-0.25, -0.2) is 4.98 Å². The van der Waals surface area contributed by atoms with Crippen molar-refractivity contribution in [1.29, 1.82) is 0 Å². The van der Waals surface area contributed by atoms with Gasteiger partial charge in [-0.2, -0.15) is 0 Å². The molecule has 12 heteroatoms. The van der Waals surface area contributed by atoms with Gasteiger partial charge in [0, 0.05) is 11.6 Å². The predicted octanol–water partition coefficient (Wildman–Crippen LogP) is -2.31. The number of rotatable bonds is 5. The first-order valence-corrected chi connectivity index (χ1v) is 11.3. The van der Waals surface area contributed by atoms with E-state index in [1.807, 2.05) is 6.92 Å². The molecule has 11 nitrogen and oxygen atoms in total. The number of aliphatic hydroxyl groups excluding tert-OH is 2. The first kappa shape index (κ1) is 23.0. The van der Waals surface area contributed by atoms with Gasteiger partial charge in [0.05, 0.1) is 36.8 Å². The highest BCUT2D eigenvalue weighted by Crippen LogP contribution is 2.41. The van der Waals surface area contributed by atoms with E-state index in [4.69, 9.17) is 14.2 Å². The first-order chi connectivity index (χ1) is 14.8. The number of carbonyl (C=O) groups is 1. The molecular weight excluding hydrogens is 428 g/mol. The number of hydrogen-bond acceptors (Lipinski definition) is 11. The molecule has 0 aromatic carbocycles. The fraction of sp³-hybridized carbons (Fsp3) is 0.789. The average Bonchev–Trinajstić information content (AvgIpc) is 3.21. The van der Waals surface area contributed by atoms with Crippen molar-refractivity contribution in [3.05, 3.63) is 16.6 Å². The number of nitrogens with zero attached hydrogens (tertiary/aromatic N) is 1. The molecule has 0 radical (unpaired) electrons. The second kappa shape index (κ2) is 8.96. The van der Waals surface area contributed by atoms with Crippen LogP contribution in [0.2, 0.25) is 0 Å². The highest BCUT2D eigenvalue weighted by Gasteiger charge is 2.63. The molecular formula is C19H30N4O7S. The molecule has 3 heterocycles. The van der Waals surface area contributed by atoms with E-state index in [2.05, 4.69) is 20.9 Å². The fourth-order valence-corrected chi connectivity index (χ4v) is 5.35. The second-order valence-corrected chi connectivity index (χ2v) is 9.26. The minimum Gasteiger partial charge on any atom is -0.390 e. The summed E-state index contributed by atoms with van der Waals surface area (Å²) in [6.45, 7) is 1.81. The molecule has 1 amide bonds. The Morgan fingerprint density at radius 2 is 1.97 bits per heavy atom. The number of ether oxygens (including phenoxy) is 3. The van der Waals surface area contributed by atoms with E-state index >= 15 is 0 Å². The maximum absolute atomic E-state index is 12.6. The number of amides is 1. The average molecular weight is 459 g/mol. The van der Waals surface area contributed by atoms with Gasteiger partial charge in [-0.1, -0.05) is 0 Å². The lowest BCUT2D eigenvalue weighted by atomic mass is 9.79. The van der Waals surface area contributed by atoms with Gasteiger partial charge >= 0.3 is 0 Å². The molecule has 3 aliphatic rings. The summed E-state index contributed by atoms with van der Waals surface area (Å²) in [7, 11) is 3.29. The number of aromatic nitrogens is 1. The van der Waals surface area contributed by atoms with Crippen LogP contribution in [0.5, 0.6) is 0 Å². The molecule has 174 valence electrons. The topological polar surface area (TPSA) is 154 Å². The van der Waals surface area contributed by atoms with Crippen molar-refractivity contribution >= 4 is 17.2 Å². The Kier molecular flexibility index (Phi) is 6.64. The molecule has 0 bridgehead atoms. The number of hydrogen-bond donors (Lipinski definition) is 6. The minimum absolute atomic E-state index is 0.0808. The molecule has 3 fully saturated rings. The van der Waals surface area contributed by atoms with Crippen LogP contribution in [0.25, 0.3) is 0 Å². The van der Waals surface area contributed by atoms with Crippen LogP contribution in [0.3, 0.4) is 0 Å². The third-order valence-corrected chi connectivity index (χ3v) is 7.06. The zero-order valence-corrected chi connectivity index (χ0v) is 18.4. The summed E-state index contributed by atoms with van der Waals surface area (Å²) in [5, 5.41) is 44.1. The third-order valence-electron chi connectivity index (χ3n) is 6.28. The number of thiazole rings is 1. The van der Waals surface area contributed by atoms with E-state index in [1.165, 1.54) is 11.3 Å². The molecule has 2 saturated heterocycles. The van der Waals surface area contributed by atoms with Gasteiger partial charge in [0.15, 0.2) is 0 Å². The van der Waals surface area contributed by atoms with Gasteiger partial charge < -0.3 is 45.5 Å². The van der Waals surface area contributed by atoms with E-state index in [-0.39, 0.29) is 18.4 Å². The van der Waals surface area contributed by atoms with E-state index < -0.39 is 54.6 Å². The van der Waals surface area contributed by atoms with Crippen LogP contribution in [-0.2, 0) is 25.4 Å². The SMILES string of the molecule is CN[C@@H]1[C@H](O)[C@H](NC)C2O[C@]3(O)C(OC2[C@H]1O)O[C@H](C)C[C@H]3NC(=O)Cc1nccs1. The number of fused-ring (bicyclic) bond motifs is 2. The number of likely N-dealkylation sites (N-methyl/N-ethyl adjacent to an activating group) is 2. The molecule has 31 heavy (non-hydrogen) atoms. The van der Waals surface area contributed by atoms with E-state index in [1.54, 1.807) is 25.7 Å². The summed E-state index contributed by atoms with van der Waals surface area (Å²) >= 11 is 1.37. The second-order valence-electron chi connectivity index (χ2n) is 8.28. The number of aliphatic hydroxyl groups is 3. The van der Waals surface area contributed by atoms with E-state index in [9.17, 15) is 20.1 Å². The van der Waals surface area contributed by atoms with Crippen LogP contribution in [0.15, 0.2) is 11.6 Å². The molecule has 2 aliphatic heterocycles. The van der Waals surface area contributed by atoms with Crippen molar-refractivity contribution in [2.24, 2.45) is 0 Å². The molecule has 10 atom stereocenters. The predicted molar refractivity (Wildman–Crippen MR) is 109 cm³/mol. The summed E-state index contributed by atoms with van der Waals surface area (Å²) in [6, 6.07) is -2.12. The Labute approximate surface area is 184 Å². The molecule has 6 N–H and O–H groups in total. The van der Waals surface area contributed by atoms with Crippen LogP contribution in [0, 0.1) is 0 Å². The molecule has 3 unspecified atom stereocenters. The maximum Gasteiger partial charge on any atom is 0.239 e. The van der Waals surface area contributed by atoms with Gasteiger partial charge in [-0.05, 0) is 27.4 Å². The third kappa shape index (κ3) is 4.12. The molecule has 1 saturated carbocycles. The summed E-state index contributed by atoms with van der Waals surface area (Å²) < 4.78 is 17.9. The van der Waals surface area contributed by atoms with Crippen LogP contribution >= 0.6 is 11.3 Å². The highest BCUT2D eigenvalue weighted by molar-refractivity contribution is 7.09. The maximum atomic E-state index is 12.6. The molecule has 4 rings (SSSR count). The lowest BCUT2D eigenvalue weighted by Gasteiger charge is -2.58. The van der Waals surface area contributed by atoms with Crippen molar-refractivity contribution in [2.45, 2.75) is 80.5 Å². The van der Waals surface area contributed by atoms with E-state index in [0.717, 1.165) is 0 Å². The molecule has 1 aromatic rings. The Bertz CT molecular complexity index is 770. The Hall–Kier alpha value is -1.22. The van der Waals surface area contributed by atoms with Crippen molar-refractivity contribution < 1.29 is 34.3 Å². The highest BCUT2D eigenvalue weighted by atomic mass is 32.1. The summed E-state index contributed by atoms with van der Waals surface area (Å²) in [4.78, 5) is 16.7. The minimum atomic E-state index is -1.99. The van der Waals surface area contributed by atoms with Crippen LogP contribution in [0.1, 0.15) is 18.4 Å². The van der Waals surface area contributed by atoms with Crippen LogP contribution < -0.4 is 16.0 Å². The summed E-state index contributed by atoms with van der Waals surface area (Å²) in [5.41, 5.74) is 0. The molecule has 1 aliphatic carbocycles. The Balaban J connectivity index is 1.57. The molecule has 0 spiro atoms. The lowest BCUT2D eigenvalue weighted by Crippen LogP contribution is -2.79. The van der Waals surface area contributed by atoms with Gasteiger partial charge in [-0.3, -0.25) is 4.79 Å². The first-order valence-electron chi connectivity index (χ1n) is 10.4. The number of carbonyl (C=O) groups excluding carboxylic acids is 1. The van der Waals surface area contributed by atoms with E-state index in [0.29, 0.717) is 11.4 Å². The zero-order valence-electron chi connectivity index (χ0n) is 17.6. The van der Waals surface area contributed by atoms with Gasteiger partial charge in [0.1, 0.15) is 23.3 Å². The fourth-order valence-electron chi connectivity index (χ4n) is 4.74. The van der Waals surface area contributed by atoms with Crippen molar-refractivity contribution in [2.75, 3.05) is 14.1 Å². The summed E-state index contributed by atoms with van der Waals surface area (Å²) in [6.07, 6.45) is -3.39. The van der Waals surface area contributed by atoms with Crippen LogP contribution in [0.4, 0.5) is 0 Å². The zero-order chi connectivity index (χ0) is 22.3. The van der Waals surface area contributed by atoms with Crippen molar-refractivity contribution in [3.63, 3.8) is 0 Å². The quantitative estimate of drug-likeness (QED) is 0.284. The normalized spacial score (nSPS) is 44.9. The number of nitrogens with one attached hydrogen (secondary N) is 3. The monoisotopic (exact) mass is 458 g/mol. The van der Waals surface area contributed by atoms with Gasteiger partial charge in [0.25, 0.3) is 0 Å². The summed E-state index contributed by atoms with van der Waals surface area (Å²) in [5.74, 6) is -2.30.